The van der Waals surface area contributed by atoms with Gasteiger partial charge in [0.2, 0.25) is 5.91 Å². The van der Waals surface area contributed by atoms with Crippen molar-refractivity contribution in [2.45, 2.75) is 165 Å². The number of imidazole rings is 1. The van der Waals surface area contributed by atoms with Gasteiger partial charge in [-0.05, 0) is 154 Å². The van der Waals surface area contributed by atoms with Gasteiger partial charge < -0.3 is 25.0 Å². The zero-order chi connectivity index (χ0) is 47.4. The molecule has 0 radical (unpaired) electrons. The predicted molar refractivity (Wildman–Crippen MR) is 250 cm³/mol. The van der Waals surface area contributed by atoms with E-state index in [1.54, 1.807) is 18.5 Å². The van der Waals surface area contributed by atoms with E-state index in [0.717, 1.165) is 68.3 Å². The van der Waals surface area contributed by atoms with Crippen molar-refractivity contribution in [1.82, 2.24) is 20.2 Å². The number of carboxylic acids is 1. The molecule has 354 valence electrons. The second-order valence-corrected chi connectivity index (χ2v) is 24.5. The third-order valence-electron chi connectivity index (χ3n) is 19.4. The maximum Gasteiger partial charge on any atom is 0.309 e. The number of hydrogen-bond donors (Lipinski definition) is 3. The Morgan fingerprint density at radius 1 is 0.877 bits per heavy atom. The summed E-state index contributed by atoms with van der Waals surface area (Å²) in [6.45, 7) is 26.3. The van der Waals surface area contributed by atoms with E-state index in [9.17, 15) is 29.1 Å². The minimum atomic E-state index is -0.841. The van der Waals surface area contributed by atoms with Crippen LogP contribution < -0.4 is 10.6 Å². The third kappa shape index (κ3) is 7.51. The van der Waals surface area contributed by atoms with Crippen LogP contribution in [0.15, 0.2) is 47.9 Å². The largest absolute Gasteiger partial charge is 0.481 e. The first-order chi connectivity index (χ1) is 30.2. The molecular weight excluding hydrogens is 817 g/mol. The smallest absolute Gasteiger partial charge is 0.309 e. The minimum absolute atomic E-state index is 0.0127. The number of ketones is 1. The fourth-order valence-corrected chi connectivity index (χ4v) is 15.6. The number of carboxylic acid groups (broad SMARTS) is 1. The van der Waals surface area contributed by atoms with Crippen molar-refractivity contribution in [2.24, 2.45) is 68.0 Å². The number of nitrogens with zero attached hydrogens (tertiary/aromatic N) is 2. The second-order valence-electron chi connectivity index (χ2n) is 24.5. The van der Waals surface area contributed by atoms with E-state index in [2.05, 4.69) is 64.1 Å². The zero-order valence-electron chi connectivity index (χ0n) is 41.3. The molecular formula is C54H76N4O7. The summed E-state index contributed by atoms with van der Waals surface area (Å²) in [6, 6.07) is 7.38. The molecule has 6 aliphatic rings. The number of aryl methyl sites for hydroxylation is 1. The molecule has 5 fully saturated rings. The van der Waals surface area contributed by atoms with Gasteiger partial charge in [0.05, 0.1) is 29.4 Å². The zero-order valence-corrected chi connectivity index (χ0v) is 41.3. The number of aliphatic carboxylic acids is 1. The number of carbonyl (C=O) groups is 5. The monoisotopic (exact) mass is 893 g/mol. The minimum Gasteiger partial charge on any atom is -0.481 e. The summed E-state index contributed by atoms with van der Waals surface area (Å²) in [5.74, 6) is -1.01. The number of nitrogens with one attached hydrogen (secondary N) is 2. The lowest BCUT2D eigenvalue weighted by molar-refractivity contribution is -0.236. The van der Waals surface area contributed by atoms with Crippen LogP contribution in [0, 0.1) is 74.9 Å². The Labute approximate surface area is 387 Å². The molecule has 1 aromatic heterocycles. The fourth-order valence-electron chi connectivity index (χ4n) is 15.6. The van der Waals surface area contributed by atoms with Gasteiger partial charge in [-0.1, -0.05) is 67.9 Å². The molecule has 65 heavy (non-hydrogen) atoms. The normalized spacial score (nSPS) is 35.8. The number of rotatable bonds is 11. The van der Waals surface area contributed by atoms with Gasteiger partial charge in [0.15, 0.2) is 5.78 Å². The summed E-state index contributed by atoms with van der Waals surface area (Å²) in [5.41, 5.74) is 2.48. The number of hydrogen-bond acceptors (Lipinski definition) is 7. The number of carbonyl (C=O) groups excluding carboxylic acids is 4. The van der Waals surface area contributed by atoms with Crippen LogP contribution in [0.3, 0.4) is 0 Å². The van der Waals surface area contributed by atoms with Gasteiger partial charge in [0, 0.05) is 47.7 Å². The molecule has 5 saturated carbocycles. The first-order valence-electron chi connectivity index (χ1n) is 24.6. The molecule has 3 N–H and O–H groups in total. The first-order valence-corrected chi connectivity index (χ1v) is 24.6. The van der Waals surface area contributed by atoms with Crippen molar-refractivity contribution in [1.29, 1.82) is 0 Å². The van der Waals surface area contributed by atoms with E-state index in [-0.39, 0.29) is 76.1 Å². The van der Waals surface area contributed by atoms with Crippen molar-refractivity contribution in [3.63, 3.8) is 0 Å². The van der Waals surface area contributed by atoms with Crippen LogP contribution in [0.5, 0.6) is 0 Å². The van der Waals surface area contributed by atoms with Crippen molar-refractivity contribution in [3.8, 4) is 5.69 Å². The number of aromatic nitrogens is 2. The molecule has 10 atom stereocenters. The maximum absolute atomic E-state index is 14.2. The Morgan fingerprint density at radius 2 is 1.57 bits per heavy atom. The fraction of sp³-hybridized carbons (Fsp3) is 0.704. The van der Waals surface area contributed by atoms with E-state index < -0.39 is 34.2 Å². The van der Waals surface area contributed by atoms with Crippen molar-refractivity contribution in [2.75, 3.05) is 6.54 Å². The SMILES string of the molecule is Cc1cn(-c2ccc(C(=O)NC(C)(C)CNC(=O)C[C@@]34CC[C@]5(C)[C@H](CC[C@@H]6[C@@]7(C)CC[C@H](OC(=O)[C@H]8C[C@@H](C(=O)O)C8(C)C)C(C)(C)[C@@H]7CC[C@]65C)C3=C(C(C)C)C(=O)C4)cc2)cn1. The van der Waals surface area contributed by atoms with E-state index in [1.807, 2.05) is 57.5 Å². The van der Waals surface area contributed by atoms with Crippen LogP contribution in [0.2, 0.25) is 0 Å². The Kier molecular flexibility index (Phi) is 11.6. The van der Waals surface area contributed by atoms with Gasteiger partial charge in [0.25, 0.3) is 5.91 Å². The number of fused-ring (bicyclic) bond motifs is 7. The number of amides is 2. The molecule has 0 unspecified atom stereocenters. The highest BCUT2D eigenvalue weighted by Gasteiger charge is 2.70. The van der Waals surface area contributed by atoms with E-state index >= 15 is 0 Å². The molecule has 0 aliphatic heterocycles. The molecule has 1 aromatic carbocycles. The van der Waals surface area contributed by atoms with E-state index in [4.69, 9.17) is 4.74 Å². The topological polar surface area (TPSA) is 157 Å². The maximum atomic E-state index is 14.2. The summed E-state index contributed by atoms with van der Waals surface area (Å²) in [5, 5.41) is 16.0. The summed E-state index contributed by atoms with van der Waals surface area (Å²) in [4.78, 5) is 71.7. The summed E-state index contributed by atoms with van der Waals surface area (Å²) < 4.78 is 8.35. The number of ether oxygens (including phenoxy) is 1. The van der Waals surface area contributed by atoms with Gasteiger partial charge in [-0.2, -0.15) is 0 Å². The molecule has 6 aliphatic carbocycles. The average molecular weight is 893 g/mol. The Balaban J connectivity index is 0.961. The number of esters is 1. The lowest BCUT2D eigenvalue weighted by Crippen LogP contribution is -2.66. The van der Waals surface area contributed by atoms with Crippen LogP contribution in [0.25, 0.3) is 5.69 Å². The summed E-state index contributed by atoms with van der Waals surface area (Å²) >= 11 is 0. The number of Topliss-reactive ketones (excluding diaryl/α,β-unsaturated/α-hetero) is 1. The van der Waals surface area contributed by atoms with Crippen molar-refractivity contribution < 1.29 is 33.8 Å². The Bertz CT molecular complexity index is 2300. The molecule has 0 spiro atoms. The molecule has 8 rings (SSSR count). The standard InChI is InChI=1S/C54H76N4O7/c1-31(2)43-38(59)26-54(27-42(60)55-29-48(4,5)57-45(61)33-13-15-34(16-14-33)58-28-32(3)56-30-58)24-23-52(11)35(44(43)54)17-18-40-51(10)21-20-41(50(8,9)39(51)19-22-53(40,52)12)65-47(64)37-25-36(46(62)63)49(37,6)7/h13-16,28,30-31,35-37,39-41H,17-27,29H2,1-12H3,(H,55,60)(H,57,61)(H,62,63)/t35-,36+,37-,39+,40-,41+,51+,52-,53-,54+/m1/s1. The lowest BCUT2D eigenvalue weighted by Gasteiger charge is -2.72. The average Bonchev–Trinajstić information content (AvgIpc) is 3.77. The summed E-state index contributed by atoms with van der Waals surface area (Å²) in [7, 11) is 0. The predicted octanol–water partition coefficient (Wildman–Crippen LogP) is 9.83. The third-order valence-corrected chi connectivity index (χ3v) is 19.4. The van der Waals surface area contributed by atoms with Crippen LogP contribution in [0.1, 0.15) is 163 Å². The highest BCUT2D eigenvalue weighted by molar-refractivity contribution is 6.01. The van der Waals surface area contributed by atoms with Crippen LogP contribution in [-0.2, 0) is 23.9 Å². The van der Waals surface area contributed by atoms with Gasteiger partial charge >= 0.3 is 11.9 Å². The molecule has 0 saturated heterocycles. The molecule has 0 bridgehead atoms. The van der Waals surface area contributed by atoms with Crippen molar-refractivity contribution in [3.05, 3.63) is 59.2 Å². The molecule has 1 heterocycles. The molecule has 11 nitrogen and oxygen atoms in total. The number of allylic oxidation sites excluding steroid dienone is 2. The van der Waals surface area contributed by atoms with Gasteiger partial charge in [0.1, 0.15) is 6.10 Å². The number of benzene rings is 1. The molecule has 2 aromatic rings. The van der Waals surface area contributed by atoms with E-state index in [0.29, 0.717) is 30.2 Å². The second kappa shape index (κ2) is 15.9. The highest BCUT2D eigenvalue weighted by atomic mass is 16.5. The van der Waals surface area contributed by atoms with Gasteiger partial charge in [-0.3, -0.25) is 24.0 Å². The summed E-state index contributed by atoms with van der Waals surface area (Å²) in [6.07, 6.45) is 12.1. The van der Waals surface area contributed by atoms with Crippen molar-refractivity contribution >= 4 is 29.5 Å². The van der Waals surface area contributed by atoms with E-state index in [1.165, 1.54) is 5.57 Å². The van der Waals surface area contributed by atoms with Crippen LogP contribution in [-0.4, -0.2) is 62.4 Å². The van der Waals surface area contributed by atoms with Crippen LogP contribution >= 0.6 is 0 Å². The first kappa shape index (κ1) is 47.2. The molecule has 11 heteroatoms. The quantitative estimate of drug-likeness (QED) is 0.188. The molecule has 2 amide bonds. The lowest BCUT2D eigenvalue weighted by atomic mass is 9.33. The van der Waals surface area contributed by atoms with Gasteiger partial charge in [-0.25, -0.2) is 4.98 Å². The Hall–Kier alpha value is -4.28. The van der Waals surface area contributed by atoms with Crippen LogP contribution in [0.4, 0.5) is 0 Å². The highest BCUT2D eigenvalue weighted by Crippen LogP contribution is 2.77. The van der Waals surface area contributed by atoms with Gasteiger partial charge in [-0.15, -0.1) is 0 Å². The Morgan fingerprint density at radius 3 is 2.18 bits per heavy atom.